The van der Waals surface area contributed by atoms with Crippen LogP contribution in [-0.4, -0.2) is 43.0 Å². The SMILES string of the molecule is N(=Nc1nnn[n-]1)c1nnn[n-]1.NC(N)=[NH2+].NC(N)=[NH2+]. The third-order valence-corrected chi connectivity index (χ3v) is 0.846. The number of guanidine groups is 2. The molecule has 0 aliphatic rings. The molecule has 2 aromatic rings. The Balaban J connectivity index is 0.000000380. The van der Waals surface area contributed by atoms with Gasteiger partial charge in [-0.2, -0.15) is 10.4 Å². The van der Waals surface area contributed by atoms with Crippen molar-refractivity contribution in [3.05, 3.63) is 0 Å². The van der Waals surface area contributed by atoms with E-state index in [0.717, 1.165) is 0 Å². The molecule has 0 radical (unpaired) electrons. The summed E-state index contributed by atoms with van der Waals surface area (Å²) in [6.07, 6.45) is 0. The predicted octanol–water partition coefficient (Wildman–Crippen LogP) is -7.58. The van der Waals surface area contributed by atoms with Crippen LogP contribution in [0.5, 0.6) is 0 Å². The van der Waals surface area contributed by atoms with Gasteiger partial charge < -0.3 is 0 Å². The highest BCUT2D eigenvalue weighted by Crippen LogP contribution is 2.03. The highest BCUT2D eigenvalue weighted by molar-refractivity contribution is 5.68. The number of azo groups is 1. The van der Waals surface area contributed by atoms with Crippen molar-refractivity contribution in [1.82, 2.24) is 41.2 Å². The molecule has 0 unspecified atom stereocenters. The lowest BCUT2D eigenvalue weighted by Gasteiger charge is -1.91. The summed E-state index contributed by atoms with van der Waals surface area (Å²) in [5.41, 5.74) is 18.3. The summed E-state index contributed by atoms with van der Waals surface area (Å²) in [5.74, 6) is -0.0837. The molecule has 20 heavy (non-hydrogen) atoms. The van der Waals surface area contributed by atoms with Gasteiger partial charge >= 0.3 is 11.9 Å². The number of aromatic nitrogens is 8. The predicted molar refractivity (Wildman–Crippen MR) is 61.1 cm³/mol. The lowest BCUT2D eigenvalue weighted by molar-refractivity contribution is -0.117. The van der Waals surface area contributed by atoms with Gasteiger partial charge in [0.25, 0.3) is 0 Å². The maximum Gasteiger partial charge on any atom is 0.336 e. The molecule has 12 N–H and O–H groups in total. The Bertz CT molecular complexity index is 448. The smallest absolute Gasteiger partial charge is 0.291 e. The van der Waals surface area contributed by atoms with Crippen LogP contribution in [0.1, 0.15) is 0 Å². The molecular weight excluding hydrogens is 272 g/mol. The summed E-state index contributed by atoms with van der Waals surface area (Å²) in [6.45, 7) is 0. The van der Waals surface area contributed by atoms with E-state index in [1.807, 2.05) is 0 Å². The number of nitrogens with zero attached hydrogens (tertiary/aromatic N) is 10. The van der Waals surface area contributed by atoms with Gasteiger partial charge in [-0.05, 0) is 0 Å². The zero-order valence-corrected chi connectivity index (χ0v) is 9.94. The van der Waals surface area contributed by atoms with E-state index < -0.39 is 0 Å². The Hall–Kier alpha value is -3.72. The van der Waals surface area contributed by atoms with Gasteiger partial charge in [-0.15, -0.1) is 10.4 Å². The Morgan fingerprint density at radius 2 is 1.10 bits per heavy atom. The van der Waals surface area contributed by atoms with Crippen LogP contribution >= 0.6 is 0 Å². The van der Waals surface area contributed by atoms with E-state index in [2.05, 4.69) is 85.2 Å². The molecule has 2 rings (SSSR count). The van der Waals surface area contributed by atoms with Gasteiger partial charge in [0.15, 0.2) is 0 Å². The van der Waals surface area contributed by atoms with Gasteiger partial charge in [0, 0.05) is 0 Å². The molecule has 16 nitrogen and oxygen atoms in total. The van der Waals surface area contributed by atoms with Gasteiger partial charge in [0.05, 0.1) is 0 Å². The van der Waals surface area contributed by atoms with Crippen LogP contribution in [0.3, 0.4) is 0 Å². The molecule has 0 aliphatic heterocycles. The maximum atomic E-state index is 4.58. The normalized spacial score (nSPS) is 9.00. The number of nitrogens with two attached hydrogens (primary N) is 6. The van der Waals surface area contributed by atoms with E-state index in [1.165, 1.54) is 0 Å². The Morgan fingerprint density at radius 3 is 1.30 bits per heavy atom. The molecule has 0 spiro atoms. The average molecular weight is 284 g/mol. The monoisotopic (exact) mass is 284 g/mol. The molecule has 108 valence electrons. The van der Waals surface area contributed by atoms with Gasteiger partial charge in [0.1, 0.15) is 11.9 Å². The molecule has 0 aliphatic carbocycles. The standard InChI is InChI=1S/C2N10.2CH5N3/c3(1-5-9-10-6-1)4-2-7-11-12-8-2;2*2-1(3)4/h;2*(H5,2,3,4)/q-2;;/p+2. The van der Waals surface area contributed by atoms with Gasteiger partial charge in [-0.3, -0.25) is 54.2 Å². The first-order chi connectivity index (χ1) is 9.41. The summed E-state index contributed by atoms with van der Waals surface area (Å²) >= 11 is 0. The first-order valence-electron chi connectivity index (χ1n) is 4.47. The average Bonchev–Trinajstić information content (AvgIpc) is 2.99. The Labute approximate surface area is 110 Å². The van der Waals surface area contributed by atoms with E-state index in [4.69, 9.17) is 0 Å². The van der Waals surface area contributed by atoms with E-state index >= 15 is 0 Å². The third-order valence-electron chi connectivity index (χ3n) is 0.846. The van der Waals surface area contributed by atoms with E-state index in [1.54, 1.807) is 0 Å². The van der Waals surface area contributed by atoms with Gasteiger partial charge in [-0.1, -0.05) is 0 Å². The van der Waals surface area contributed by atoms with Crippen LogP contribution in [-0.2, 0) is 0 Å². The van der Waals surface area contributed by atoms with E-state index in [9.17, 15) is 0 Å². The van der Waals surface area contributed by atoms with Crippen molar-refractivity contribution in [2.45, 2.75) is 0 Å². The van der Waals surface area contributed by atoms with Crippen LogP contribution < -0.4 is 44.0 Å². The zero-order chi connectivity index (χ0) is 15.4. The molecule has 2 aromatic heterocycles. The first kappa shape index (κ1) is 16.3. The molecular formula is C4H12N16. The Morgan fingerprint density at radius 1 is 0.800 bits per heavy atom. The van der Waals surface area contributed by atoms with Crippen molar-refractivity contribution in [2.24, 2.45) is 33.2 Å². The van der Waals surface area contributed by atoms with Crippen LogP contribution in [0.4, 0.5) is 11.9 Å². The first-order valence-corrected chi connectivity index (χ1v) is 4.47. The van der Waals surface area contributed by atoms with Crippen molar-refractivity contribution in [3.8, 4) is 0 Å². The number of hydrogen-bond donors (Lipinski definition) is 6. The fourth-order valence-corrected chi connectivity index (χ4v) is 0.449. The summed E-state index contributed by atoms with van der Waals surface area (Å²) in [4.78, 5) is 0. The maximum absolute atomic E-state index is 4.58. The minimum absolute atomic E-state index is 0.0415. The molecule has 0 fully saturated rings. The van der Waals surface area contributed by atoms with Crippen LogP contribution in [0.15, 0.2) is 10.2 Å². The van der Waals surface area contributed by atoms with Crippen molar-refractivity contribution in [2.75, 3.05) is 0 Å². The van der Waals surface area contributed by atoms with Crippen molar-refractivity contribution < 1.29 is 10.8 Å². The molecule has 16 heteroatoms. The molecule has 0 atom stereocenters. The van der Waals surface area contributed by atoms with Gasteiger partial charge in [-0.25, -0.2) is 10.2 Å². The summed E-state index contributed by atoms with van der Waals surface area (Å²) in [6, 6.07) is 0. The van der Waals surface area contributed by atoms with Crippen molar-refractivity contribution >= 4 is 23.8 Å². The van der Waals surface area contributed by atoms with E-state index in [-0.39, 0.29) is 23.8 Å². The second-order valence-electron chi connectivity index (χ2n) is 2.56. The van der Waals surface area contributed by atoms with Crippen molar-refractivity contribution in [3.63, 3.8) is 0 Å². The highest BCUT2D eigenvalue weighted by atomic mass is 15.5. The molecule has 0 bridgehead atoms. The van der Waals surface area contributed by atoms with Crippen LogP contribution in [0.25, 0.3) is 0 Å². The lowest BCUT2D eigenvalue weighted by atomic mass is 11.1. The topological polar surface area (TPSA) is 286 Å². The van der Waals surface area contributed by atoms with Crippen LogP contribution in [0, 0.1) is 0 Å². The quantitative estimate of drug-likeness (QED) is 0.170. The largest absolute Gasteiger partial charge is 0.336 e. The molecule has 0 amide bonds. The second kappa shape index (κ2) is 9.32. The minimum Gasteiger partial charge on any atom is -0.291 e. The molecule has 2 heterocycles. The molecule has 0 aromatic carbocycles. The third kappa shape index (κ3) is 10.8. The number of rotatable bonds is 2. The van der Waals surface area contributed by atoms with Gasteiger partial charge in [0.2, 0.25) is 0 Å². The summed E-state index contributed by atoms with van der Waals surface area (Å²) in [7, 11) is 0. The lowest BCUT2D eigenvalue weighted by Crippen LogP contribution is -2.51. The molecule has 0 saturated heterocycles. The summed E-state index contributed by atoms with van der Waals surface area (Å²) in [5, 5.41) is 42.4. The van der Waals surface area contributed by atoms with E-state index in [0.29, 0.717) is 0 Å². The minimum atomic E-state index is -0.0833. The fraction of sp³-hybridized carbons (Fsp3) is 0. The number of hydrogen-bond acceptors (Lipinski definition) is 8. The zero-order valence-electron chi connectivity index (χ0n) is 9.94. The number of tetrazole rings is 2. The van der Waals surface area contributed by atoms with Crippen molar-refractivity contribution in [1.29, 1.82) is 0 Å². The molecule has 0 saturated carbocycles. The fourth-order valence-electron chi connectivity index (χ4n) is 0.449. The summed E-state index contributed by atoms with van der Waals surface area (Å²) < 4.78 is 0. The second-order valence-corrected chi connectivity index (χ2v) is 2.56. The Kier molecular flexibility index (Phi) is 7.59. The van der Waals surface area contributed by atoms with Crippen LogP contribution in [0.2, 0.25) is 0 Å². The highest BCUT2D eigenvalue weighted by Gasteiger charge is 1.79.